The van der Waals surface area contributed by atoms with Gasteiger partial charge in [0.05, 0.1) is 19.0 Å². The highest BCUT2D eigenvalue weighted by Crippen LogP contribution is 2.20. The van der Waals surface area contributed by atoms with Crippen LogP contribution in [-0.2, 0) is 4.79 Å². The van der Waals surface area contributed by atoms with Crippen LogP contribution in [0.5, 0.6) is 5.88 Å². The van der Waals surface area contributed by atoms with E-state index >= 15 is 0 Å². The number of pyridine rings is 1. The maximum Gasteiger partial charge on any atom is 0.246 e. The fourth-order valence-corrected chi connectivity index (χ4v) is 2.15. The first-order valence-corrected chi connectivity index (χ1v) is 7.15. The summed E-state index contributed by atoms with van der Waals surface area (Å²) in [4.78, 5) is 16.4. The van der Waals surface area contributed by atoms with Crippen LogP contribution < -0.4 is 15.4 Å². The SMILES string of the molecule is COc1ccc(NC(C)C(=O)Nc2c(C)cccc2C)cn1. The van der Waals surface area contributed by atoms with Crippen molar-refractivity contribution in [2.45, 2.75) is 26.8 Å². The monoisotopic (exact) mass is 299 g/mol. The van der Waals surface area contributed by atoms with E-state index in [0.717, 1.165) is 22.5 Å². The van der Waals surface area contributed by atoms with E-state index in [-0.39, 0.29) is 11.9 Å². The van der Waals surface area contributed by atoms with Crippen LogP contribution in [-0.4, -0.2) is 24.0 Å². The van der Waals surface area contributed by atoms with E-state index in [9.17, 15) is 4.79 Å². The summed E-state index contributed by atoms with van der Waals surface area (Å²) in [6.45, 7) is 5.77. The Kier molecular flexibility index (Phi) is 4.99. The van der Waals surface area contributed by atoms with Gasteiger partial charge in [0.15, 0.2) is 0 Å². The second-order valence-corrected chi connectivity index (χ2v) is 5.21. The second kappa shape index (κ2) is 6.93. The third-order valence-electron chi connectivity index (χ3n) is 3.45. The van der Waals surface area contributed by atoms with E-state index in [1.165, 1.54) is 0 Å². The largest absolute Gasteiger partial charge is 0.481 e. The van der Waals surface area contributed by atoms with Crippen molar-refractivity contribution in [1.82, 2.24) is 4.98 Å². The summed E-state index contributed by atoms with van der Waals surface area (Å²) in [5, 5.41) is 6.10. The summed E-state index contributed by atoms with van der Waals surface area (Å²) >= 11 is 0. The molecule has 0 fully saturated rings. The number of rotatable bonds is 5. The van der Waals surface area contributed by atoms with Crippen molar-refractivity contribution in [3.8, 4) is 5.88 Å². The molecule has 2 N–H and O–H groups in total. The van der Waals surface area contributed by atoms with Crippen molar-refractivity contribution in [1.29, 1.82) is 0 Å². The molecule has 1 amide bonds. The Morgan fingerprint density at radius 3 is 2.41 bits per heavy atom. The van der Waals surface area contributed by atoms with Crippen LogP contribution in [0.3, 0.4) is 0 Å². The molecular formula is C17H21N3O2. The van der Waals surface area contributed by atoms with E-state index in [1.54, 1.807) is 19.4 Å². The number of hydrogen-bond donors (Lipinski definition) is 2. The molecule has 0 spiro atoms. The molecule has 116 valence electrons. The van der Waals surface area contributed by atoms with Gasteiger partial charge in [0, 0.05) is 11.8 Å². The molecule has 0 aliphatic carbocycles. The van der Waals surface area contributed by atoms with Crippen LogP contribution in [0.25, 0.3) is 0 Å². The van der Waals surface area contributed by atoms with Gasteiger partial charge in [0.25, 0.3) is 0 Å². The van der Waals surface area contributed by atoms with Crippen LogP contribution in [0, 0.1) is 13.8 Å². The number of amides is 1. The highest BCUT2D eigenvalue weighted by molar-refractivity contribution is 5.97. The number of hydrogen-bond acceptors (Lipinski definition) is 4. The van der Waals surface area contributed by atoms with Gasteiger partial charge in [-0.1, -0.05) is 18.2 Å². The minimum atomic E-state index is -0.380. The predicted octanol–water partition coefficient (Wildman–Crippen LogP) is 3.15. The van der Waals surface area contributed by atoms with Crippen LogP contribution in [0.1, 0.15) is 18.1 Å². The summed E-state index contributed by atoms with van der Waals surface area (Å²) in [5.74, 6) is 0.450. The Morgan fingerprint density at radius 1 is 1.18 bits per heavy atom. The molecule has 0 bridgehead atoms. The molecule has 5 heteroatoms. The summed E-state index contributed by atoms with van der Waals surface area (Å²) < 4.78 is 5.01. The molecule has 0 aliphatic heterocycles. The van der Waals surface area contributed by atoms with Crippen LogP contribution >= 0.6 is 0 Å². The summed E-state index contributed by atoms with van der Waals surface area (Å²) in [7, 11) is 1.57. The number of carbonyl (C=O) groups is 1. The number of methoxy groups -OCH3 is 1. The number of aryl methyl sites for hydroxylation is 2. The number of para-hydroxylation sites is 1. The van der Waals surface area contributed by atoms with Gasteiger partial charge in [-0.3, -0.25) is 4.79 Å². The lowest BCUT2D eigenvalue weighted by Gasteiger charge is -2.17. The number of nitrogens with zero attached hydrogens (tertiary/aromatic N) is 1. The highest BCUT2D eigenvalue weighted by atomic mass is 16.5. The predicted molar refractivity (Wildman–Crippen MR) is 88.4 cm³/mol. The number of aromatic nitrogens is 1. The number of benzene rings is 1. The van der Waals surface area contributed by atoms with Gasteiger partial charge in [-0.05, 0) is 38.0 Å². The molecule has 22 heavy (non-hydrogen) atoms. The Morgan fingerprint density at radius 2 is 1.86 bits per heavy atom. The van der Waals surface area contributed by atoms with Gasteiger partial charge in [0.2, 0.25) is 11.8 Å². The molecule has 1 unspecified atom stereocenters. The molecule has 0 aliphatic rings. The van der Waals surface area contributed by atoms with Crippen LogP contribution in [0.2, 0.25) is 0 Å². The van der Waals surface area contributed by atoms with E-state index in [2.05, 4.69) is 15.6 Å². The lowest BCUT2D eigenvalue weighted by atomic mass is 10.1. The third kappa shape index (κ3) is 3.75. The minimum Gasteiger partial charge on any atom is -0.481 e. The third-order valence-corrected chi connectivity index (χ3v) is 3.45. The van der Waals surface area contributed by atoms with Crippen molar-refractivity contribution in [2.24, 2.45) is 0 Å². The standard InChI is InChI=1S/C17H21N3O2/c1-11-6-5-7-12(2)16(11)20-17(21)13(3)19-14-8-9-15(22-4)18-10-14/h5-10,13,19H,1-4H3,(H,20,21). The van der Waals surface area contributed by atoms with Crippen molar-refractivity contribution in [3.63, 3.8) is 0 Å². The summed E-state index contributed by atoms with van der Waals surface area (Å²) in [5.41, 5.74) is 3.73. The minimum absolute atomic E-state index is 0.0896. The lowest BCUT2D eigenvalue weighted by molar-refractivity contribution is -0.116. The van der Waals surface area contributed by atoms with Crippen molar-refractivity contribution >= 4 is 17.3 Å². The molecule has 1 aromatic carbocycles. The van der Waals surface area contributed by atoms with Gasteiger partial charge in [-0.25, -0.2) is 4.98 Å². The fourth-order valence-electron chi connectivity index (χ4n) is 2.15. The number of nitrogens with one attached hydrogen (secondary N) is 2. The van der Waals surface area contributed by atoms with Crippen LogP contribution in [0.15, 0.2) is 36.5 Å². The van der Waals surface area contributed by atoms with E-state index < -0.39 is 0 Å². The molecule has 2 aromatic rings. The van der Waals surface area contributed by atoms with Gasteiger partial charge in [-0.2, -0.15) is 0 Å². The van der Waals surface area contributed by atoms with Crippen LogP contribution in [0.4, 0.5) is 11.4 Å². The molecule has 1 aromatic heterocycles. The summed E-state index contributed by atoms with van der Waals surface area (Å²) in [6.07, 6.45) is 1.64. The summed E-state index contributed by atoms with van der Waals surface area (Å²) in [6, 6.07) is 9.13. The highest BCUT2D eigenvalue weighted by Gasteiger charge is 2.15. The zero-order valence-electron chi connectivity index (χ0n) is 13.3. The normalized spacial score (nSPS) is 11.6. The smallest absolute Gasteiger partial charge is 0.246 e. The Labute approximate surface area is 130 Å². The van der Waals surface area contributed by atoms with Crippen molar-refractivity contribution in [2.75, 3.05) is 17.7 Å². The van der Waals surface area contributed by atoms with Gasteiger partial charge in [0.1, 0.15) is 6.04 Å². The lowest BCUT2D eigenvalue weighted by Crippen LogP contribution is -2.32. The molecular weight excluding hydrogens is 278 g/mol. The van der Waals surface area contributed by atoms with Gasteiger partial charge in [-0.15, -0.1) is 0 Å². The zero-order valence-corrected chi connectivity index (χ0v) is 13.3. The maximum absolute atomic E-state index is 12.3. The van der Waals surface area contributed by atoms with Gasteiger partial charge >= 0.3 is 0 Å². The molecule has 1 heterocycles. The van der Waals surface area contributed by atoms with E-state index in [1.807, 2.05) is 45.0 Å². The Balaban J connectivity index is 2.02. The number of ether oxygens (including phenoxy) is 1. The average molecular weight is 299 g/mol. The second-order valence-electron chi connectivity index (χ2n) is 5.21. The zero-order chi connectivity index (χ0) is 16.1. The molecule has 0 saturated heterocycles. The molecule has 0 radical (unpaired) electrons. The molecule has 1 atom stereocenters. The quantitative estimate of drug-likeness (QED) is 0.890. The fraction of sp³-hybridized carbons (Fsp3) is 0.294. The van der Waals surface area contributed by atoms with Crippen molar-refractivity contribution < 1.29 is 9.53 Å². The van der Waals surface area contributed by atoms with Gasteiger partial charge < -0.3 is 15.4 Å². The van der Waals surface area contributed by atoms with E-state index in [0.29, 0.717) is 5.88 Å². The molecule has 5 nitrogen and oxygen atoms in total. The first kappa shape index (κ1) is 15.8. The van der Waals surface area contributed by atoms with E-state index in [4.69, 9.17) is 4.74 Å². The Bertz CT molecular complexity index is 633. The Hall–Kier alpha value is -2.56. The number of carbonyl (C=O) groups excluding carboxylic acids is 1. The number of anilines is 2. The first-order chi connectivity index (χ1) is 10.5. The molecule has 2 rings (SSSR count). The average Bonchev–Trinajstić information content (AvgIpc) is 2.51. The first-order valence-electron chi connectivity index (χ1n) is 7.15. The molecule has 0 saturated carbocycles. The van der Waals surface area contributed by atoms with Crippen molar-refractivity contribution in [3.05, 3.63) is 47.7 Å². The maximum atomic E-state index is 12.3. The topological polar surface area (TPSA) is 63.2 Å².